The van der Waals surface area contributed by atoms with Gasteiger partial charge in [0.15, 0.2) is 0 Å². The van der Waals surface area contributed by atoms with E-state index in [0.717, 1.165) is 5.01 Å². The SMILES string of the molecule is CC(C)C(=O)N(C)Cc1nccs1. The molecule has 1 rings (SSSR count). The molecule has 0 N–H and O–H groups in total. The van der Waals surface area contributed by atoms with Crippen LogP contribution in [0.3, 0.4) is 0 Å². The molecule has 0 aliphatic carbocycles. The Hall–Kier alpha value is -0.900. The van der Waals surface area contributed by atoms with Crippen molar-refractivity contribution in [3.05, 3.63) is 16.6 Å². The molecule has 0 bridgehead atoms. The van der Waals surface area contributed by atoms with E-state index in [2.05, 4.69) is 4.98 Å². The van der Waals surface area contributed by atoms with Gasteiger partial charge in [-0.2, -0.15) is 0 Å². The van der Waals surface area contributed by atoms with Crippen molar-refractivity contribution in [1.82, 2.24) is 9.88 Å². The second-order valence-electron chi connectivity index (χ2n) is 3.27. The van der Waals surface area contributed by atoms with Crippen LogP contribution in [0.5, 0.6) is 0 Å². The summed E-state index contributed by atoms with van der Waals surface area (Å²) in [6.45, 7) is 4.43. The molecule has 13 heavy (non-hydrogen) atoms. The monoisotopic (exact) mass is 198 g/mol. The van der Waals surface area contributed by atoms with E-state index in [9.17, 15) is 4.79 Å². The van der Waals surface area contributed by atoms with Crippen molar-refractivity contribution in [2.24, 2.45) is 5.92 Å². The number of nitrogens with zero attached hydrogens (tertiary/aromatic N) is 2. The molecule has 3 nitrogen and oxygen atoms in total. The Kier molecular flexibility index (Phi) is 3.42. The summed E-state index contributed by atoms with van der Waals surface area (Å²) in [7, 11) is 1.81. The van der Waals surface area contributed by atoms with Gasteiger partial charge >= 0.3 is 0 Å². The maximum absolute atomic E-state index is 11.5. The summed E-state index contributed by atoms with van der Waals surface area (Å²) < 4.78 is 0. The van der Waals surface area contributed by atoms with Crippen LogP contribution in [0, 0.1) is 5.92 Å². The number of rotatable bonds is 3. The van der Waals surface area contributed by atoms with Crippen LogP contribution in [0.4, 0.5) is 0 Å². The van der Waals surface area contributed by atoms with Gasteiger partial charge in [0.1, 0.15) is 5.01 Å². The van der Waals surface area contributed by atoms with Gasteiger partial charge < -0.3 is 4.90 Å². The van der Waals surface area contributed by atoms with Crippen LogP contribution in [0.15, 0.2) is 11.6 Å². The van der Waals surface area contributed by atoms with Crippen LogP contribution in [0.25, 0.3) is 0 Å². The zero-order valence-corrected chi connectivity index (χ0v) is 8.97. The van der Waals surface area contributed by atoms with Gasteiger partial charge in [0.05, 0.1) is 6.54 Å². The molecule has 4 heteroatoms. The number of carbonyl (C=O) groups is 1. The lowest BCUT2D eigenvalue weighted by atomic mass is 10.2. The number of hydrogen-bond acceptors (Lipinski definition) is 3. The first-order valence-electron chi connectivity index (χ1n) is 4.24. The molecule has 1 aromatic heterocycles. The van der Waals surface area contributed by atoms with Crippen molar-refractivity contribution in [2.45, 2.75) is 20.4 Å². The Labute approximate surface area is 82.4 Å². The summed E-state index contributed by atoms with van der Waals surface area (Å²) in [4.78, 5) is 17.3. The molecule has 0 atom stereocenters. The lowest BCUT2D eigenvalue weighted by Gasteiger charge is -2.17. The lowest BCUT2D eigenvalue weighted by molar-refractivity contribution is -0.133. The van der Waals surface area contributed by atoms with Gasteiger partial charge in [-0.1, -0.05) is 13.8 Å². The van der Waals surface area contributed by atoms with E-state index < -0.39 is 0 Å². The topological polar surface area (TPSA) is 33.2 Å². The summed E-state index contributed by atoms with van der Waals surface area (Å²) >= 11 is 1.58. The Balaban J connectivity index is 2.51. The second-order valence-corrected chi connectivity index (χ2v) is 4.25. The highest BCUT2D eigenvalue weighted by Gasteiger charge is 2.13. The summed E-state index contributed by atoms with van der Waals surface area (Å²) in [6, 6.07) is 0. The minimum atomic E-state index is 0.0602. The molecule has 0 radical (unpaired) electrons. The summed E-state index contributed by atoms with van der Waals surface area (Å²) in [5, 5.41) is 2.90. The smallest absolute Gasteiger partial charge is 0.225 e. The van der Waals surface area contributed by atoms with Gasteiger partial charge in [-0.3, -0.25) is 4.79 Å². The fraction of sp³-hybridized carbons (Fsp3) is 0.556. The van der Waals surface area contributed by atoms with Crippen LogP contribution in [0.1, 0.15) is 18.9 Å². The Morgan fingerprint density at radius 3 is 2.85 bits per heavy atom. The minimum Gasteiger partial charge on any atom is -0.339 e. The molecule has 0 spiro atoms. The van der Waals surface area contributed by atoms with E-state index in [1.54, 1.807) is 22.4 Å². The largest absolute Gasteiger partial charge is 0.339 e. The van der Waals surface area contributed by atoms with E-state index in [1.165, 1.54) is 0 Å². The molecule has 0 saturated heterocycles. The highest BCUT2D eigenvalue weighted by atomic mass is 32.1. The molecule has 1 heterocycles. The van der Waals surface area contributed by atoms with E-state index in [4.69, 9.17) is 0 Å². The van der Waals surface area contributed by atoms with Crippen molar-refractivity contribution in [3.8, 4) is 0 Å². The van der Waals surface area contributed by atoms with Crippen LogP contribution in [-0.2, 0) is 11.3 Å². The quantitative estimate of drug-likeness (QED) is 0.741. The van der Waals surface area contributed by atoms with Crippen LogP contribution in [-0.4, -0.2) is 22.8 Å². The molecule has 1 aromatic rings. The Morgan fingerprint density at radius 2 is 2.38 bits per heavy atom. The molecule has 0 unspecified atom stereocenters. The molecule has 1 amide bonds. The van der Waals surface area contributed by atoms with Gasteiger partial charge in [0.2, 0.25) is 5.91 Å². The molecule has 0 aliphatic heterocycles. The van der Waals surface area contributed by atoms with E-state index in [1.807, 2.05) is 26.3 Å². The van der Waals surface area contributed by atoms with Crippen LogP contribution < -0.4 is 0 Å². The first-order chi connectivity index (χ1) is 6.11. The number of hydrogen-bond donors (Lipinski definition) is 0. The minimum absolute atomic E-state index is 0.0602. The number of aromatic nitrogens is 1. The number of thiazole rings is 1. The fourth-order valence-corrected chi connectivity index (χ4v) is 1.72. The van der Waals surface area contributed by atoms with Crippen LogP contribution >= 0.6 is 11.3 Å². The predicted octanol–water partition coefficient (Wildman–Crippen LogP) is 1.76. The van der Waals surface area contributed by atoms with Crippen molar-refractivity contribution in [2.75, 3.05) is 7.05 Å². The first kappa shape index (κ1) is 10.2. The zero-order valence-electron chi connectivity index (χ0n) is 8.15. The van der Waals surface area contributed by atoms with Gasteiger partial charge in [-0.15, -0.1) is 11.3 Å². The Morgan fingerprint density at radius 1 is 1.69 bits per heavy atom. The van der Waals surface area contributed by atoms with Gasteiger partial charge in [-0.25, -0.2) is 4.98 Å². The summed E-state index contributed by atoms with van der Waals surface area (Å²) in [6.07, 6.45) is 1.76. The average Bonchev–Trinajstić information content (AvgIpc) is 2.55. The predicted molar refractivity (Wildman–Crippen MR) is 53.4 cm³/mol. The highest BCUT2D eigenvalue weighted by Crippen LogP contribution is 2.08. The zero-order chi connectivity index (χ0) is 9.84. The third kappa shape index (κ3) is 2.81. The van der Waals surface area contributed by atoms with Gasteiger partial charge in [0, 0.05) is 24.5 Å². The van der Waals surface area contributed by atoms with Gasteiger partial charge in [0.25, 0.3) is 0 Å². The molecule has 0 aromatic carbocycles. The van der Waals surface area contributed by atoms with Crippen molar-refractivity contribution in [1.29, 1.82) is 0 Å². The molecular formula is C9H14N2OS. The van der Waals surface area contributed by atoms with E-state index in [-0.39, 0.29) is 11.8 Å². The average molecular weight is 198 g/mol. The number of amides is 1. The summed E-state index contributed by atoms with van der Waals surface area (Å²) in [5.74, 6) is 0.222. The van der Waals surface area contributed by atoms with Crippen molar-refractivity contribution < 1.29 is 4.79 Å². The molecule has 0 saturated carbocycles. The Bertz CT molecular complexity index is 269. The molecule has 72 valence electrons. The second kappa shape index (κ2) is 4.37. The number of carbonyl (C=O) groups excluding carboxylic acids is 1. The third-order valence-corrected chi connectivity index (χ3v) is 2.49. The van der Waals surface area contributed by atoms with Crippen LogP contribution in [0.2, 0.25) is 0 Å². The van der Waals surface area contributed by atoms with Crippen molar-refractivity contribution in [3.63, 3.8) is 0 Å². The molecular weight excluding hydrogens is 184 g/mol. The lowest BCUT2D eigenvalue weighted by Crippen LogP contribution is -2.29. The highest BCUT2D eigenvalue weighted by molar-refractivity contribution is 7.09. The molecule has 0 aliphatic rings. The third-order valence-electron chi connectivity index (χ3n) is 1.73. The van der Waals surface area contributed by atoms with Gasteiger partial charge in [-0.05, 0) is 0 Å². The standard InChI is InChI=1S/C9H14N2OS/c1-7(2)9(12)11(3)6-8-10-4-5-13-8/h4-5,7H,6H2,1-3H3. The van der Waals surface area contributed by atoms with Crippen molar-refractivity contribution >= 4 is 17.2 Å². The maximum atomic E-state index is 11.5. The normalized spacial score (nSPS) is 10.5. The first-order valence-corrected chi connectivity index (χ1v) is 5.12. The maximum Gasteiger partial charge on any atom is 0.225 e. The fourth-order valence-electron chi connectivity index (χ4n) is 1.05. The van der Waals surface area contributed by atoms with E-state index >= 15 is 0 Å². The van der Waals surface area contributed by atoms with E-state index in [0.29, 0.717) is 6.54 Å². The molecule has 0 fully saturated rings. The summed E-state index contributed by atoms with van der Waals surface area (Å²) in [5.41, 5.74) is 0.